The maximum Gasteiger partial charge on any atom is 0.220 e. The van der Waals surface area contributed by atoms with E-state index in [1.165, 1.54) is 19.3 Å². The monoisotopic (exact) mass is 239 g/mol. The standard InChI is InChI=1S/C14H25NO2/c1-9(2)7-14(16)15-12-8-10(3)17-13-6-4-5-11(12)13/h9-13H,4-8H2,1-3H3,(H,15,16)/t10-,11-,12+,13+/m0/s1. The Morgan fingerprint density at radius 2 is 2.18 bits per heavy atom. The van der Waals surface area contributed by atoms with Crippen molar-refractivity contribution in [2.24, 2.45) is 11.8 Å². The molecule has 3 heteroatoms. The van der Waals surface area contributed by atoms with Crippen molar-refractivity contribution in [3.05, 3.63) is 0 Å². The second-order valence-electron chi connectivity index (χ2n) is 6.09. The zero-order chi connectivity index (χ0) is 12.4. The highest BCUT2D eigenvalue weighted by Crippen LogP contribution is 2.37. The topological polar surface area (TPSA) is 38.3 Å². The molecule has 0 unspecified atom stereocenters. The number of fused-ring (bicyclic) bond motifs is 1. The van der Waals surface area contributed by atoms with Gasteiger partial charge in [-0.15, -0.1) is 0 Å². The number of hydrogen-bond acceptors (Lipinski definition) is 2. The number of hydrogen-bond donors (Lipinski definition) is 1. The molecule has 17 heavy (non-hydrogen) atoms. The third-order valence-electron chi connectivity index (χ3n) is 3.95. The summed E-state index contributed by atoms with van der Waals surface area (Å²) in [5.41, 5.74) is 0. The van der Waals surface area contributed by atoms with E-state index in [-0.39, 0.29) is 5.91 Å². The van der Waals surface area contributed by atoms with Crippen molar-refractivity contribution in [2.45, 2.75) is 71.1 Å². The zero-order valence-corrected chi connectivity index (χ0v) is 11.2. The molecule has 3 nitrogen and oxygen atoms in total. The minimum absolute atomic E-state index is 0.213. The molecule has 2 fully saturated rings. The van der Waals surface area contributed by atoms with Crippen LogP contribution in [0.1, 0.15) is 52.9 Å². The van der Waals surface area contributed by atoms with Crippen LogP contribution in [-0.2, 0) is 9.53 Å². The van der Waals surface area contributed by atoms with E-state index in [0.29, 0.717) is 36.5 Å². The van der Waals surface area contributed by atoms with Crippen LogP contribution in [-0.4, -0.2) is 24.2 Å². The highest BCUT2D eigenvalue weighted by atomic mass is 16.5. The Labute approximate surface area is 104 Å². The summed E-state index contributed by atoms with van der Waals surface area (Å²) < 4.78 is 5.95. The molecule has 4 atom stereocenters. The molecule has 1 saturated carbocycles. The first kappa shape index (κ1) is 12.9. The van der Waals surface area contributed by atoms with Gasteiger partial charge in [-0.3, -0.25) is 4.79 Å². The Morgan fingerprint density at radius 3 is 2.88 bits per heavy atom. The van der Waals surface area contributed by atoms with E-state index in [0.717, 1.165) is 6.42 Å². The third kappa shape index (κ3) is 3.21. The van der Waals surface area contributed by atoms with Gasteiger partial charge in [0.1, 0.15) is 0 Å². The van der Waals surface area contributed by atoms with Crippen LogP contribution in [0.5, 0.6) is 0 Å². The summed E-state index contributed by atoms with van der Waals surface area (Å²) >= 11 is 0. The Kier molecular flexibility index (Phi) is 4.08. The van der Waals surface area contributed by atoms with Crippen LogP contribution in [0.4, 0.5) is 0 Å². The zero-order valence-electron chi connectivity index (χ0n) is 11.2. The van der Waals surface area contributed by atoms with E-state index in [1.807, 2.05) is 0 Å². The van der Waals surface area contributed by atoms with Gasteiger partial charge >= 0.3 is 0 Å². The lowest BCUT2D eigenvalue weighted by molar-refractivity contribution is -0.126. The average Bonchev–Trinajstić information content (AvgIpc) is 2.63. The van der Waals surface area contributed by atoms with Gasteiger partial charge in [-0.05, 0) is 32.1 Å². The van der Waals surface area contributed by atoms with Gasteiger partial charge in [-0.2, -0.15) is 0 Å². The van der Waals surface area contributed by atoms with E-state index >= 15 is 0 Å². The van der Waals surface area contributed by atoms with Crippen molar-refractivity contribution >= 4 is 5.91 Å². The third-order valence-corrected chi connectivity index (χ3v) is 3.95. The van der Waals surface area contributed by atoms with Gasteiger partial charge in [0.15, 0.2) is 0 Å². The molecule has 1 heterocycles. The van der Waals surface area contributed by atoms with Gasteiger partial charge in [0, 0.05) is 18.4 Å². The van der Waals surface area contributed by atoms with Gasteiger partial charge in [-0.25, -0.2) is 0 Å². The Hall–Kier alpha value is -0.570. The quantitative estimate of drug-likeness (QED) is 0.821. The molecule has 0 aromatic heterocycles. The lowest BCUT2D eigenvalue weighted by Crippen LogP contribution is -2.49. The molecule has 0 bridgehead atoms. The van der Waals surface area contributed by atoms with Crippen molar-refractivity contribution in [3.63, 3.8) is 0 Å². The van der Waals surface area contributed by atoms with Crippen molar-refractivity contribution in [1.29, 1.82) is 0 Å². The van der Waals surface area contributed by atoms with Crippen LogP contribution < -0.4 is 5.32 Å². The van der Waals surface area contributed by atoms with Crippen LogP contribution in [0.25, 0.3) is 0 Å². The van der Waals surface area contributed by atoms with Crippen molar-refractivity contribution in [3.8, 4) is 0 Å². The molecule has 1 N–H and O–H groups in total. The first-order valence-electron chi connectivity index (χ1n) is 7.01. The lowest BCUT2D eigenvalue weighted by atomic mass is 9.88. The fourth-order valence-electron chi connectivity index (χ4n) is 3.27. The largest absolute Gasteiger partial charge is 0.375 e. The minimum Gasteiger partial charge on any atom is -0.375 e. The smallest absolute Gasteiger partial charge is 0.220 e. The molecule has 98 valence electrons. The number of carbonyl (C=O) groups excluding carboxylic acids is 1. The Bertz CT molecular complexity index is 277. The van der Waals surface area contributed by atoms with Gasteiger partial charge in [0.2, 0.25) is 5.91 Å². The molecule has 0 aromatic carbocycles. The fourth-order valence-corrected chi connectivity index (χ4v) is 3.27. The summed E-state index contributed by atoms with van der Waals surface area (Å²) in [5, 5.41) is 3.23. The van der Waals surface area contributed by atoms with E-state index in [2.05, 4.69) is 26.1 Å². The number of nitrogens with one attached hydrogen (secondary N) is 1. The summed E-state index contributed by atoms with van der Waals surface area (Å²) in [6, 6.07) is 0.345. The van der Waals surface area contributed by atoms with Gasteiger partial charge in [0.25, 0.3) is 0 Å². The number of rotatable bonds is 3. The summed E-state index contributed by atoms with van der Waals surface area (Å²) in [5.74, 6) is 1.21. The van der Waals surface area contributed by atoms with E-state index in [1.54, 1.807) is 0 Å². The molecular formula is C14H25NO2. The van der Waals surface area contributed by atoms with Crippen LogP contribution in [0.15, 0.2) is 0 Å². The lowest BCUT2D eigenvalue weighted by Gasteiger charge is -2.38. The van der Waals surface area contributed by atoms with Crippen LogP contribution >= 0.6 is 0 Å². The second kappa shape index (κ2) is 5.38. The molecule has 0 radical (unpaired) electrons. The molecule has 2 rings (SSSR count). The first-order valence-corrected chi connectivity index (χ1v) is 7.01. The molecule has 1 amide bonds. The Balaban J connectivity index is 1.91. The van der Waals surface area contributed by atoms with E-state index < -0.39 is 0 Å². The summed E-state index contributed by atoms with van der Waals surface area (Å²) in [6.45, 7) is 6.30. The summed E-state index contributed by atoms with van der Waals surface area (Å²) in [6.07, 6.45) is 5.93. The van der Waals surface area contributed by atoms with Crippen molar-refractivity contribution in [2.75, 3.05) is 0 Å². The van der Waals surface area contributed by atoms with Crippen molar-refractivity contribution in [1.82, 2.24) is 5.32 Å². The SMILES string of the molecule is CC(C)CC(=O)N[C@@H]1C[C@H](C)O[C@@H]2CCC[C@@H]12. The van der Waals surface area contributed by atoms with Crippen LogP contribution in [0, 0.1) is 11.8 Å². The van der Waals surface area contributed by atoms with Gasteiger partial charge in [-0.1, -0.05) is 20.3 Å². The summed E-state index contributed by atoms with van der Waals surface area (Å²) in [4.78, 5) is 11.9. The predicted octanol–water partition coefficient (Wildman–Crippen LogP) is 2.49. The molecule has 0 spiro atoms. The van der Waals surface area contributed by atoms with E-state index in [9.17, 15) is 4.79 Å². The highest BCUT2D eigenvalue weighted by molar-refractivity contribution is 5.76. The average molecular weight is 239 g/mol. The fraction of sp³-hybridized carbons (Fsp3) is 0.929. The normalized spacial score (nSPS) is 36.9. The molecule has 1 aliphatic heterocycles. The number of carbonyl (C=O) groups is 1. The molecule has 2 aliphatic rings. The molecule has 1 saturated heterocycles. The first-order chi connectivity index (χ1) is 8.06. The van der Waals surface area contributed by atoms with Crippen LogP contribution in [0.3, 0.4) is 0 Å². The van der Waals surface area contributed by atoms with Gasteiger partial charge in [0.05, 0.1) is 12.2 Å². The highest BCUT2D eigenvalue weighted by Gasteiger charge is 2.40. The number of ether oxygens (including phenoxy) is 1. The van der Waals surface area contributed by atoms with Crippen LogP contribution in [0.2, 0.25) is 0 Å². The minimum atomic E-state index is 0.213. The summed E-state index contributed by atoms with van der Waals surface area (Å²) in [7, 11) is 0. The molecule has 0 aromatic rings. The maximum absolute atomic E-state index is 11.9. The molecular weight excluding hydrogens is 214 g/mol. The molecule has 1 aliphatic carbocycles. The van der Waals surface area contributed by atoms with E-state index in [4.69, 9.17) is 4.74 Å². The Morgan fingerprint density at radius 1 is 1.41 bits per heavy atom. The van der Waals surface area contributed by atoms with Gasteiger partial charge < -0.3 is 10.1 Å². The second-order valence-corrected chi connectivity index (χ2v) is 6.09. The predicted molar refractivity (Wildman–Crippen MR) is 67.7 cm³/mol. The maximum atomic E-state index is 11.9. The van der Waals surface area contributed by atoms with Crippen molar-refractivity contribution < 1.29 is 9.53 Å². The number of amides is 1.